The monoisotopic (exact) mass is 258 g/mol. The Balaban J connectivity index is 2.03. The number of hydrogen-bond acceptors (Lipinski definition) is 4. The van der Waals surface area contributed by atoms with Gasteiger partial charge in [0.1, 0.15) is 5.82 Å². The molecular weight excluding hydrogens is 243 g/mol. The first kappa shape index (κ1) is 12.0. The molecule has 5 heteroatoms. The maximum atomic E-state index is 13.2. The molecule has 0 fully saturated rings. The fraction of sp³-hybridized carbons (Fsp3) is 0.286. The zero-order chi connectivity index (χ0) is 13.4. The predicted molar refractivity (Wildman–Crippen MR) is 72.6 cm³/mol. The Morgan fingerprint density at radius 1 is 1.37 bits per heavy atom. The molecule has 1 aromatic carbocycles. The van der Waals surface area contributed by atoms with Crippen molar-refractivity contribution in [2.75, 3.05) is 25.0 Å². The second-order valence-electron chi connectivity index (χ2n) is 4.73. The van der Waals surface area contributed by atoms with E-state index in [4.69, 9.17) is 5.73 Å². The fourth-order valence-electron chi connectivity index (χ4n) is 2.38. The lowest BCUT2D eigenvalue weighted by Crippen LogP contribution is -2.26. The smallest absolute Gasteiger partial charge is 0.225 e. The van der Waals surface area contributed by atoms with Gasteiger partial charge < -0.3 is 10.6 Å². The molecule has 0 saturated carbocycles. The Morgan fingerprint density at radius 3 is 3.00 bits per heavy atom. The van der Waals surface area contributed by atoms with Crippen LogP contribution in [-0.2, 0) is 6.42 Å². The molecular formula is C14H15FN4. The second kappa shape index (κ2) is 4.59. The van der Waals surface area contributed by atoms with Gasteiger partial charge in [-0.1, -0.05) is 0 Å². The van der Waals surface area contributed by atoms with Crippen molar-refractivity contribution in [3.8, 4) is 11.3 Å². The molecule has 1 aliphatic rings. The molecule has 4 nitrogen and oxygen atoms in total. The van der Waals surface area contributed by atoms with Gasteiger partial charge in [-0.25, -0.2) is 14.4 Å². The van der Waals surface area contributed by atoms with Crippen molar-refractivity contribution in [3.05, 3.63) is 41.3 Å². The van der Waals surface area contributed by atoms with Gasteiger partial charge in [0.2, 0.25) is 5.95 Å². The average Bonchev–Trinajstić information content (AvgIpc) is 2.75. The highest BCUT2D eigenvalue weighted by atomic mass is 19.1. The third kappa shape index (κ3) is 2.06. The lowest BCUT2D eigenvalue weighted by atomic mass is 10.1. The summed E-state index contributed by atoms with van der Waals surface area (Å²) in [6, 6.07) is 4.83. The SMILES string of the molecule is CN(CCN)c1ncc2c(n1)-c1ccc(F)cc1C2. The van der Waals surface area contributed by atoms with Gasteiger partial charge in [0.05, 0.1) is 5.69 Å². The molecule has 1 heterocycles. The number of hydrogen-bond donors (Lipinski definition) is 1. The standard InChI is InChI=1S/C14H15FN4/c1-19(5-4-16)14-17-8-10-6-9-7-11(15)2-3-12(9)13(10)18-14/h2-3,7-8H,4-6,16H2,1H3. The van der Waals surface area contributed by atoms with Crippen molar-refractivity contribution >= 4 is 5.95 Å². The summed E-state index contributed by atoms with van der Waals surface area (Å²) < 4.78 is 13.2. The summed E-state index contributed by atoms with van der Waals surface area (Å²) in [5.41, 5.74) is 9.46. The van der Waals surface area contributed by atoms with Crippen molar-refractivity contribution in [2.24, 2.45) is 5.73 Å². The summed E-state index contributed by atoms with van der Waals surface area (Å²) in [5, 5.41) is 0. The summed E-state index contributed by atoms with van der Waals surface area (Å²) in [6.45, 7) is 1.26. The van der Waals surface area contributed by atoms with Gasteiger partial charge in [-0.3, -0.25) is 0 Å². The summed E-state index contributed by atoms with van der Waals surface area (Å²) in [4.78, 5) is 10.8. The molecule has 1 aliphatic carbocycles. The van der Waals surface area contributed by atoms with Gasteiger partial charge in [-0.05, 0) is 23.8 Å². The van der Waals surface area contributed by atoms with Crippen LogP contribution in [0.3, 0.4) is 0 Å². The molecule has 1 aromatic heterocycles. The van der Waals surface area contributed by atoms with E-state index in [1.807, 2.05) is 18.1 Å². The minimum absolute atomic E-state index is 0.208. The lowest BCUT2D eigenvalue weighted by Gasteiger charge is -2.16. The maximum absolute atomic E-state index is 13.2. The van der Waals surface area contributed by atoms with Crippen LogP contribution in [0, 0.1) is 5.82 Å². The number of halogens is 1. The van der Waals surface area contributed by atoms with Crippen molar-refractivity contribution < 1.29 is 4.39 Å². The molecule has 0 aliphatic heterocycles. The van der Waals surface area contributed by atoms with Crippen molar-refractivity contribution in [3.63, 3.8) is 0 Å². The number of aromatic nitrogens is 2. The first-order chi connectivity index (χ1) is 9.19. The van der Waals surface area contributed by atoms with E-state index in [0.29, 0.717) is 25.5 Å². The molecule has 0 atom stereocenters. The number of benzene rings is 1. The highest BCUT2D eigenvalue weighted by Crippen LogP contribution is 2.35. The summed E-state index contributed by atoms with van der Waals surface area (Å²) in [6.07, 6.45) is 2.52. The maximum Gasteiger partial charge on any atom is 0.225 e. The van der Waals surface area contributed by atoms with Crippen molar-refractivity contribution in [1.29, 1.82) is 0 Å². The van der Waals surface area contributed by atoms with Crippen LogP contribution in [0.5, 0.6) is 0 Å². The number of anilines is 1. The van der Waals surface area contributed by atoms with Crippen LogP contribution in [0.4, 0.5) is 10.3 Å². The Hall–Kier alpha value is -2.01. The van der Waals surface area contributed by atoms with E-state index in [2.05, 4.69) is 9.97 Å². The number of nitrogens with two attached hydrogens (primary N) is 1. The van der Waals surface area contributed by atoms with E-state index < -0.39 is 0 Å². The van der Waals surface area contributed by atoms with Crippen LogP contribution >= 0.6 is 0 Å². The molecule has 3 rings (SSSR count). The van der Waals surface area contributed by atoms with Crippen LogP contribution in [-0.4, -0.2) is 30.1 Å². The summed E-state index contributed by atoms with van der Waals surface area (Å²) in [5.74, 6) is 0.446. The van der Waals surface area contributed by atoms with E-state index in [1.165, 1.54) is 6.07 Å². The van der Waals surface area contributed by atoms with E-state index in [9.17, 15) is 4.39 Å². The molecule has 0 unspecified atom stereocenters. The van der Waals surface area contributed by atoms with Gasteiger partial charge in [-0.2, -0.15) is 0 Å². The molecule has 0 amide bonds. The molecule has 0 radical (unpaired) electrons. The molecule has 2 aromatic rings. The first-order valence-corrected chi connectivity index (χ1v) is 6.25. The topological polar surface area (TPSA) is 55.0 Å². The predicted octanol–water partition coefficient (Wildman–Crippen LogP) is 1.58. The van der Waals surface area contributed by atoms with Crippen molar-refractivity contribution in [1.82, 2.24) is 9.97 Å². The van der Waals surface area contributed by atoms with Crippen LogP contribution in [0.15, 0.2) is 24.4 Å². The summed E-state index contributed by atoms with van der Waals surface area (Å²) >= 11 is 0. The van der Waals surface area contributed by atoms with E-state index in [0.717, 1.165) is 22.4 Å². The second-order valence-corrected chi connectivity index (χ2v) is 4.73. The van der Waals surface area contributed by atoms with Gasteiger partial charge in [0.25, 0.3) is 0 Å². The molecule has 0 bridgehead atoms. The molecule has 98 valence electrons. The minimum atomic E-state index is -0.208. The van der Waals surface area contributed by atoms with Crippen LogP contribution in [0.25, 0.3) is 11.3 Å². The number of fused-ring (bicyclic) bond motifs is 3. The molecule has 0 saturated heterocycles. The Bertz CT molecular complexity index is 627. The Morgan fingerprint density at radius 2 is 2.21 bits per heavy atom. The van der Waals surface area contributed by atoms with E-state index >= 15 is 0 Å². The van der Waals surface area contributed by atoms with Crippen molar-refractivity contribution in [2.45, 2.75) is 6.42 Å². The third-order valence-electron chi connectivity index (χ3n) is 3.36. The number of nitrogens with zero attached hydrogens (tertiary/aromatic N) is 3. The largest absolute Gasteiger partial charge is 0.343 e. The van der Waals surface area contributed by atoms with E-state index in [1.54, 1.807) is 12.1 Å². The van der Waals surface area contributed by atoms with Crippen LogP contribution in [0.2, 0.25) is 0 Å². The normalized spacial score (nSPS) is 12.2. The van der Waals surface area contributed by atoms with E-state index in [-0.39, 0.29) is 5.82 Å². The zero-order valence-corrected chi connectivity index (χ0v) is 10.7. The minimum Gasteiger partial charge on any atom is -0.343 e. The number of likely N-dealkylation sites (N-methyl/N-ethyl adjacent to an activating group) is 1. The van der Waals surface area contributed by atoms with Crippen LogP contribution in [0.1, 0.15) is 11.1 Å². The fourth-order valence-corrected chi connectivity index (χ4v) is 2.38. The van der Waals surface area contributed by atoms with Gasteiger partial charge >= 0.3 is 0 Å². The Kier molecular flexibility index (Phi) is 2.91. The molecule has 2 N–H and O–H groups in total. The highest BCUT2D eigenvalue weighted by Gasteiger charge is 2.21. The Labute approximate surface area is 111 Å². The quantitative estimate of drug-likeness (QED) is 0.775. The summed E-state index contributed by atoms with van der Waals surface area (Å²) in [7, 11) is 1.91. The lowest BCUT2D eigenvalue weighted by molar-refractivity contribution is 0.626. The van der Waals surface area contributed by atoms with Gasteiger partial charge in [0, 0.05) is 43.9 Å². The highest BCUT2D eigenvalue weighted by molar-refractivity contribution is 5.73. The number of rotatable bonds is 3. The molecule has 19 heavy (non-hydrogen) atoms. The van der Waals surface area contributed by atoms with Gasteiger partial charge in [0.15, 0.2) is 0 Å². The third-order valence-corrected chi connectivity index (χ3v) is 3.36. The van der Waals surface area contributed by atoms with Gasteiger partial charge in [-0.15, -0.1) is 0 Å². The molecule has 0 spiro atoms. The average molecular weight is 258 g/mol. The van der Waals surface area contributed by atoms with Crippen LogP contribution < -0.4 is 10.6 Å². The first-order valence-electron chi connectivity index (χ1n) is 6.25. The zero-order valence-electron chi connectivity index (χ0n) is 10.7.